The monoisotopic (exact) mass is 267 g/mol. The summed E-state index contributed by atoms with van der Waals surface area (Å²) in [6.45, 7) is 5.81. The average molecular weight is 267 g/mol. The maximum Gasteiger partial charge on any atom is 0.339 e. The van der Waals surface area contributed by atoms with Crippen LogP contribution in [-0.2, 0) is 0 Å². The highest BCUT2D eigenvalue weighted by Crippen LogP contribution is 2.17. The van der Waals surface area contributed by atoms with Crippen LogP contribution in [-0.4, -0.2) is 53.4 Å². The lowest BCUT2D eigenvalue weighted by molar-refractivity contribution is 0.0691. The van der Waals surface area contributed by atoms with Gasteiger partial charge in [0.15, 0.2) is 0 Å². The van der Waals surface area contributed by atoms with Crippen molar-refractivity contribution < 1.29 is 19.7 Å². The summed E-state index contributed by atoms with van der Waals surface area (Å²) in [6.07, 6.45) is 0. The Morgan fingerprint density at radius 1 is 1.32 bits per heavy atom. The Morgan fingerprint density at radius 3 is 2.58 bits per heavy atom. The Morgan fingerprint density at radius 2 is 2.00 bits per heavy atom. The van der Waals surface area contributed by atoms with Crippen LogP contribution < -0.4 is 4.74 Å². The molecular formula is C14H21NO4. The first-order valence-corrected chi connectivity index (χ1v) is 6.36. The van der Waals surface area contributed by atoms with Gasteiger partial charge in [-0.25, -0.2) is 4.79 Å². The Hall–Kier alpha value is -1.59. The van der Waals surface area contributed by atoms with E-state index in [-0.39, 0.29) is 12.2 Å². The quantitative estimate of drug-likeness (QED) is 0.746. The number of para-hydroxylation sites is 1. The summed E-state index contributed by atoms with van der Waals surface area (Å²) in [6, 6.07) is 6.89. The van der Waals surface area contributed by atoms with Crippen LogP contribution in [0.1, 0.15) is 24.2 Å². The summed E-state index contributed by atoms with van der Waals surface area (Å²) in [5, 5.41) is 18.0. The third-order valence-electron chi connectivity index (χ3n) is 2.87. The smallest absolute Gasteiger partial charge is 0.339 e. The molecule has 0 fully saturated rings. The van der Waals surface area contributed by atoms with Gasteiger partial charge in [-0.1, -0.05) is 12.1 Å². The minimum Gasteiger partial charge on any atom is -0.491 e. The number of carbonyl (C=O) groups is 1. The van der Waals surface area contributed by atoms with Crippen LogP contribution in [0, 0.1) is 0 Å². The van der Waals surface area contributed by atoms with Crippen molar-refractivity contribution in [3.8, 4) is 5.75 Å². The van der Waals surface area contributed by atoms with Crippen molar-refractivity contribution in [1.29, 1.82) is 0 Å². The fourth-order valence-electron chi connectivity index (χ4n) is 1.80. The molecule has 5 nitrogen and oxygen atoms in total. The summed E-state index contributed by atoms with van der Waals surface area (Å²) in [5.74, 6) is -0.616. The van der Waals surface area contributed by atoms with Gasteiger partial charge in [0.25, 0.3) is 0 Å². The van der Waals surface area contributed by atoms with Crippen molar-refractivity contribution in [3.05, 3.63) is 29.8 Å². The maximum atomic E-state index is 11.0. The highest BCUT2D eigenvalue weighted by Gasteiger charge is 2.12. The number of benzene rings is 1. The van der Waals surface area contributed by atoms with E-state index < -0.39 is 5.97 Å². The third-order valence-corrected chi connectivity index (χ3v) is 2.87. The van der Waals surface area contributed by atoms with Gasteiger partial charge in [0, 0.05) is 19.1 Å². The lowest BCUT2D eigenvalue weighted by atomic mass is 10.2. The zero-order chi connectivity index (χ0) is 14.3. The lowest BCUT2D eigenvalue weighted by Gasteiger charge is -2.25. The topological polar surface area (TPSA) is 70.0 Å². The van der Waals surface area contributed by atoms with Gasteiger partial charge in [0.2, 0.25) is 0 Å². The Kier molecular flexibility index (Phi) is 6.32. The van der Waals surface area contributed by atoms with Gasteiger partial charge in [0.1, 0.15) is 17.9 Å². The van der Waals surface area contributed by atoms with Crippen molar-refractivity contribution in [3.63, 3.8) is 0 Å². The van der Waals surface area contributed by atoms with Crippen LogP contribution >= 0.6 is 0 Å². The summed E-state index contributed by atoms with van der Waals surface area (Å²) in [7, 11) is 0. The van der Waals surface area contributed by atoms with Crippen molar-refractivity contribution in [2.75, 3.05) is 26.3 Å². The Balaban J connectivity index is 2.55. The average Bonchev–Trinajstić information content (AvgIpc) is 2.38. The van der Waals surface area contributed by atoms with Crippen molar-refractivity contribution in [2.45, 2.75) is 19.9 Å². The van der Waals surface area contributed by atoms with E-state index in [1.807, 2.05) is 13.8 Å². The van der Waals surface area contributed by atoms with Crippen molar-refractivity contribution in [2.24, 2.45) is 0 Å². The number of hydrogen-bond donors (Lipinski definition) is 2. The van der Waals surface area contributed by atoms with E-state index >= 15 is 0 Å². The fraction of sp³-hybridized carbons (Fsp3) is 0.500. The summed E-state index contributed by atoms with van der Waals surface area (Å²) in [5.41, 5.74) is 0.167. The molecule has 19 heavy (non-hydrogen) atoms. The second kappa shape index (κ2) is 7.76. The van der Waals surface area contributed by atoms with E-state index in [4.69, 9.17) is 14.9 Å². The van der Waals surface area contributed by atoms with Gasteiger partial charge in [-0.15, -0.1) is 0 Å². The number of aromatic carboxylic acids is 1. The molecule has 0 aliphatic carbocycles. The molecule has 1 aromatic rings. The van der Waals surface area contributed by atoms with Gasteiger partial charge in [-0.3, -0.25) is 4.90 Å². The van der Waals surface area contributed by atoms with Crippen LogP contribution in [0.15, 0.2) is 24.3 Å². The number of hydrogen-bond acceptors (Lipinski definition) is 4. The zero-order valence-corrected chi connectivity index (χ0v) is 11.4. The van der Waals surface area contributed by atoms with E-state index in [1.54, 1.807) is 18.2 Å². The number of carboxylic acid groups (broad SMARTS) is 1. The van der Waals surface area contributed by atoms with E-state index in [1.165, 1.54) is 6.07 Å². The normalized spacial score (nSPS) is 11.0. The molecular weight excluding hydrogens is 246 g/mol. The van der Waals surface area contributed by atoms with E-state index in [0.717, 1.165) is 0 Å². The number of rotatable bonds is 8. The molecule has 0 heterocycles. The molecule has 1 rings (SSSR count). The lowest BCUT2D eigenvalue weighted by Crippen LogP contribution is -2.36. The van der Waals surface area contributed by atoms with Crippen LogP contribution in [0.5, 0.6) is 5.75 Å². The molecule has 0 aliphatic heterocycles. The van der Waals surface area contributed by atoms with Crippen LogP contribution in [0.3, 0.4) is 0 Å². The van der Waals surface area contributed by atoms with Crippen LogP contribution in [0.25, 0.3) is 0 Å². The maximum absolute atomic E-state index is 11.0. The number of nitrogens with zero attached hydrogens (tertiary/aromatic N) is 1. The molecule has 0 saturated heterocycles. The Labute approximate surface area is 113 Å². The summed E-state index contributed by atoms with van der Waals surface area (Å²) in [4.78, 5) is 13.1. The molecule has 0 saturated carbocycles. The third kappa shape index (κ3) is 4.89. The van der Waals surface area contributed by atoms with Crippen LogP contribution in [0.4, 0.5) is 0 Å². The standard InChI is InChI=1S/C14H21NO4/c1-11(2)15(7-9-16)8-10-19-13-6-4-3-5-12(13)14(17)18/h3-6,11,16H,7-10H2,1-2H3,(H,17,18). The molecule has 0 atom stereocenters. The largest absolute Gasteiger partial charge is 0.491 e. The molecule has 0 radical (unpaired) electrons. The first-order chi connectivity index (χ1) is 9.06. The second-order valence-corrected chi connectivity index (χ2v) is 4.50. The number of carboxylic acids is 1. The number of ether oxygens (including phenoxy) is 1. The van der Waals surface area contributed by atoms with Gasteiger partial charge >= 0.3 is 5.97 Å². The second-order valence-electron chi connectivity index (χ2n) is 4.50. The predicted molar refractivity (Wildman–Crippen MR) is 72.7 cm³/mol. The van der Waals surface area contributed by atoms with Gasteiger partial charge in [-0.05, 0) is 26.0 Å². The molecule has 5 heteroatoms. The minimum atomic E-state index is -0.994. The van der Waals surface area contributed by atoms with E-state index in [0.29, 0.717) is 31.5 Å². The highest BCUT2D eigenvalue weighted by atomic mass is 16.5. The Bertz CT molecular complexity index is 406. The molecule has 0 spiro atoms. The minimum absolute atomic E-state index is 0.101. The highest BCUT2D eigenvalue weighted by molar-refractivity contribution is 5.90. The molecule has 0 aliphatic rings. The van der Waals surface area contributed by atoms with Crippen molar-refractivity contribution >= 4 is 5.97 Å². The predicted octanol–water partition coefficient (Wildman–Crippen LogP) is 1.47. The summed E-state index contributed by atoms with van der Waals surface area (Å²) >= 11 is 0. The summed E-state index contributed by atoms with van der Waals surface area (Å²) < 4.78 is 5.52. The fourth-order valence-corrected chi connectivity index (χ4v) is 1.80. The van der Waals surface area contributed by atoms with Gasteiger partial charge in [0.05, 0.1) is 6.61 Å². The van der Waals surface area contributed by atoms with E-state index in [2.05, 4.69) is 4.90 Å². The van der Waals surface area contributed by atoms with E-state index in [9.17, 15) is 4.79 Å². The first kappa shape index (κ1) is 15.5. The molecule has 106 valence electrons. The molecule has 2 N–H and O–H groups in total. The molecule has 0 unspecified atom stereocenters. The van der Waals surface area contributed by atoms with Gasteiger partial charge in [-0.2, -0.15) is 0 Å². The molecule has 0 bridgehead atoms. The van der Waals surface area contributed by atoms with Gasteiger partial charge < -0.3 is 14.9 Å². The molecule has 1 aromatic carbocycles. The molecule has 0 aromatic heterocycles. The van der Waals surface area contributed by atoms with Crippen LogP contribution in [0.2, 0.25) is 0 Å². The SMILES string of the molecule is CC(C)N(CCO)CCOc1ccccc1C(=O)O. The number of aliphatic hydroxyl groups excluding tert-OH is 1. The molecule has 0 amide bonds. The number of aliphatic hydroxyl groups is 1. The van der Waals surface area contributed by atoms with Crippen molar-refractivity contribution in [1.82, 2.24) is 4.90 Å². The first-order valence-electron chi connectivity index (χ1n) is 6.36. The zero-order valence-electron chi connectivity index (χ0n) is 11.4.